The number of halogens is 1. The van der Waals surface area contributed by atoms with Crippen molar-refractivity contribution in [2.45, 2.75) is 18.9 Å². The summed E-state index contributed by atoms with van der Waals surface area (Å²) in [7, 11) is 1.53. The molecule has 0 radical (unpaired) electrons. The van der Waals surface area contributed by atoms with Crippen LogP contribution in [-0.2, 0) is 4.79 Å². The van der Waals surface area contributed by atoms with E-state index in [9.17, 15) is 10.1 Å². The van der Waals surface area contributed by atoms with E-state index in [-0.39, 0.29) is 17.5 Å². The van der Waals surface area contributed by atoms with Gasteiger partial charge in [-0.2, -0.15) is 5.26 Å². The first kappa shape index (κ1) is 17.1. The Morgan fingerprint density at radius 1 is 1.57 bits per heavy atom. The highest BCUT2D eigenvalue weighted by Gasteiger charge is 2.24. The molecule has 0 unspecified atom stereocenters. The first-order chi connectivity index (χ1) is 11.1. The second-order valence-corrected chi connectivity index (χ2v) is 5.91. The number of amides is 1. The minimum atomic E-state index is -0.350. The molecule has 1 aliphatic carbocycles. The van der Waals surface area contributed by atoms with Crippen LogP contribution in [0.1, 0.15) is 18.4 Å². The predicted octanol–water partition coefficient (Wildman–Crippen LogP) is 3.21. The summed E-state index contributed by atoms with van der Waals surface area (Å²) < 4.78 is 11.5. The van der Waals surface area contributed by atoms with Crippen molar-refractivity contribution < 1.29 is 14.3 Å². The number of methoxy groups -OCH3 is 1. The van der Waals surface area contributed by atoms with Crippen LogP contribution in [0.5, 0.6) is 11.5 Å². The summed E-state index contributed by atoms with van der Waals surface area (Å²) in [6.45, 7) is 3.95. The third-order valence-corrected chi connectivity index (χ3v) is 3.77. The fourth-order valence-corrected chi connectivity index (χ4v) is 2.49. The van der Waals surface area contributed by atoms with E-state index in [2.05, 4.69) is 27.8 Å². The molecule has 120 valence electrons. The van der Waals surface area contributed by atoms with Gasteiger partial charge in [0.05, 0.1) is 11.6 Å². The average Bonchev–Trinajstić information content (AvgIpc) is 3.34. The number of nitrogens with zero attached hydrogens (tertiary/aromatic N) is 1. The van der Waals surface area contributed by atoms with Crippen LogP contribution in [0.3, 0.4) is 0 Å². The van der Waals surface area contributed by atoms with Crippen LogP contribution in [0.15, 0.2) is 34.8 Å². The van der Waals surface area contributed by atoms with Crippen LogP contribution < -0.4 is 14.8 Å². The maximum Gasteiger partial charge on any atom is 0.262 e. The van der Waals surface area contributed by atoms with E-state index in [0.717, 1.165) is 12.8 Å². The van der Waals surface area contributed by atoms with Crippen LogP contribution >= 0.6 is 15.9 Å². The van der Waals surface area contributed by atoms with Gasteiger partial charge in [-0.1, -0.05) is 12.7 Å². The number of carbonyl (C=O) groups is 1. The summed E-state index contributed by atoms with van der Waals surface area (Å²) in [5.41, 5.74) is 0.729. The largest absolute Gasteiger partial charge is 0.493 e. The smallest absolute Gasteiger partial charge is 0.262 e. The van der Waals surface area contributed by atoms with Crippen LogP contribution in [0.25, 0.3) is 6.08 Å². The van der Waals surface area contributed by atoms with Crippen LogP contribution in [-0.4, -0.2) is 25.7 Å². The summed E-state index contributed by atoms with van der Waals surface area (Å²) in [6.07, 6.45) is 5.11. The zero-order valence-electron chi connectivity index (χ0n) is 12.8. The molecule has 5 nitrogen and oxygen atoms in total. The topological polar surface area (TPSA) is 71.3 Å². The molecule has 0 saturated heterocycles. The fraction of sp³-hybridized carbons (Fsp3) is 0.294. The van der Waals surface area contributed by atoms with Crippen molar-refractivity contribution in [1.82, 2.24) is 5.32 Å². The van der Waals surface area contributed by atoms with Gasteiger partial charge in [0.1, 0.15) is 18.2 Å². The summed E-state index contributed by atoms with van der Waals surface area (Å²) >= 11 is 3.42. The average molecular weight is 377 g/mol. The van der Waals surface area contributed by atoms with Crippen LogP contribution in [0, 0.1) is 11.3 Å². The summed E-state index contributed by atoms with van der Waals surface area (Å²) in [5, 5.41) is 12.0. The van der Waals surface area contributed by atoms with Crippen molar-refractivity contribution in [3.05, 3.63) is 40.4 Å². The van der Waals surface area contributed by atoms with E-state index in [1.54, 1.807) is 18.2 Å². The summed E-state index contributed by atoms with van der Waals surface area (Å²) in [5.74, 6) is 0.704. The van der Waals surface area contributed by atoms with Crippen LogP contribution in [0.4, 0.5) is 0 Å². The molecule has 0 atom stereocenters. The minimum Gasteiger partial charge on any atom is -0.493 e. The number of ether oxygens (including phenoxy) is 2. The number of rotatable bonds is 7. The molecule has 1 aliphatic rings. The Hall–Kier alpha value is -2.26. The van der Waals surface area contributed by atoms with E-state index in [4.69, 9.17) is 9.47 Å². The highest BCUT2D eigenvalue weighted by Crippen LogP contribution is 2.37. The maximum atomic E-state index is 12.0. The van der Waals surface area contributed by atoms with Gasteiger partial charge in [-0.05, 0) is 52.5 Å². The van der Waals surface area contributed by atoms with Gasteiger partial charge in [0.25, 0.3) is 5.91 Å². The lowest BCUT2D eigenvalue weighted by Crippen LogP contribution is -2.26. The molecule has 0 bridgehead atoms. The number of hydrogen-bond donors (Lipinski definition) is 1. The van der Waals surface area contributed by atoms with Gasteiger partial charge in [0.15, 0.2) is 11.5 Å². The molecule has 2 rings (SSSR count). The van der Waals surface area contributed by atoms with Gasteiger partial charge in [0, 0.05) is 6.04 Å². The van der Waals surface area contributed by atoms with Crippen molar-refractivity contribution in [1.29, 1.82) is 5.26 Å². The Morgan fingerprint density at radius 3 is 2.87 bits per heavy atom. The van der Waals surface area contributed by atoms with Crippen molar-refractivity contribution >= 4 is 27.9 Å². The van der Waals surface area contributed by atoms with Gasteiger partial charge in [0.2, 0.25) is 0 Å². The molecular weight excluding hydrogens is 360 g/mol. The normalized spacial score (nSPS) is 13.9. The van der Waals surface area contributed by atoms with Crippen LogP contribution in [0.2, 0.25) is 0 Å². The molecule has 1 amide bonds. The monoisotopic (exact) mass is 376 g/mol. The minimum absolute atomic E-state index is 0.0608. The molecular formula is C17H17BrN2O3. The van der Waals surface area contributed by atoms with E-state index in [1.165, 1.54) is 13.2 Å². The Labute approximate surface area is 143 Å². The number of carbonyl (C=O) groups excluding carboxylic acids is 1. The van der Waals surface area contributed by atoms with Crippen molar-refractivity contribution in [2.75, 3.05) is 13.7 Å². The molecule has 0 aromatic heterocycles. The molecule has 1 saturated carbocycles. The number of benzene rings is 1. The number of nitrogens with one attached hydrogen (secondary N) is 1. The second-order valence-electron chi connectivity index (χ2n) is 5.05. The Kier molecular flexibility index (Phi) is 5.83. The first-order valence-electron chi connectivity index (χ1n) is 7.13. The van der Waals surface area contributed by atoms with E-state index in [1.807, 2.05) is 6.07 Å². The van der Waals surface area contributed by atoms with Crippen molar-refractivity contribution in [3.63, 3.8) is 0 Å². The highest BCUT2D eigenvalue weighted by molar-refractivity contribution is 9.10. The molecule has 1 N–H and O–H groups in total. The van der Waals surface area contributed by atoms with E-state index < -0.39 is 0 Å². The first-order valence-corrected chi connectivity index (χ1v) is 7.92. The van der Waals surface area contributed by atoms with Gasteiger partial charge >= 0.3 is 0 Å². The summed E-state index contributed by atoms with van der Waals surface area (Å²) in [6, 6.07) is 5.62. The third kappa shape index (κ3) is 4.60. The quantitative estimate of drug-likeness (QED) is 0.450. The van der Waals surface area contributed by atoms with Gasteiger partial charge in [-0.25, -0.2) is 0 Å². The van der Waals surface area contributed by atoms with E-state index >= 15 is 0 Å². The Bertz CT molecular complexity index is 688. The third-order valence-electron chi connectivity index (χ3n) is 3.19. The maximum absolute atomic E-state index is 12.0. The van der Waals surface area contributed by atoms with E-state index in [0.29, 0.717) is 28.1 Å². The molecule has 1 aromatic rings. The molecule has 0 spiro atoms. The summed E-state index contributed by atoms with van der Waals surface area (Å²) in [4.78, 5) is 12.0. The zero-order valence-corrected chi connectivity index (χ0v) is 14.4. The highest BCUT2D eigenvalue weighted by atomic mass is 79.9. The standard InChI is InChI=1S/C17H17BrN2O3/c1-3-6-23-16-14(18)8-11(9-15(16)22-2)7-12(10-19)17(21)20-13-4-5-13/h3,7-9,13H,1,4-6H2,2H3,(H,20,21)/b12-7+. The molecule has 0 aliphatic heterocycles. The lowest BCUT2D eigenvalue weighted by Gasteiger charge is -2.12. The van der Waals surface area contributed by atoms with Gasteiger partial charge in [-0.15, -0.1) is 0 Å². The van der Waals surface area contributed by atoms with Crippen molar-refractivity contribution in [3.8, 4) is 17.6 Å². The molecule has 1 aromatic carbocycles. The molecule has 23 heavy (non-hydrogen) atoms. The fourth-order valence-electron chi connectivity index (χ4n) is 1.91. The lowest BCUT2D eigenvalue weighted by molar-refractivity contribution is -0.117. The molecule has 0 heterocycles. The number of hydrogen-bond acceptors (Lipinski definition) is 4. The van der Waals surface area contributed by atoms with Crippen molar-refractivity contribution in [2.24, 2.45) is 0 Å². The Morgan fingerprint density at radius 2 is 2.30 bits per heavy atom. The molecule has 6 heteroatoms. The van der Waals surface area contributed by atoms with Gasteiger partial charge < -0.3 is 14.8 Å². The lowest BCUT2D eigenvalue weighted by atomic mass is 10.1. The number of nitriles is 1. The second kappa shape index (κ2) is 7.84. The zero-order chi connectivity index (χ0) is 16.8. The molecule has 1 fully saturated rings. The Balaban J connectivity index is 2.29. The van der Waals surface area contributed by atoms with Gasteiger partial charge in [-0.3, -0.25) is 4.79 Å². The SMILES string of the molecule is C=CCOc1c(Br)cc(/C=C(\C#N)C(=O)NC2CC2)cc1OC. The predicted molar refractivity (Wildman–Crippen MR) is 91.1 cm³/mol.